The summed E-state index contributed by atoms with van der Waals surface area (Å²) in [6, 6.07) is 0. The first-order chi connectivity index (χ1) is 1.41. The third-order valence-corrected chi connectivity index (χ3v) is 0. The molecule has 0 aliphatic carbocycles. The number of rotatable bonds is 0. The van der Waals surface area contributed by atoms with Crippen LogP contribution in [0.5, 0.6) is 0 Å². The van der Waals surface area contributed by atoms with E-state index in [1.165, 1.54) is 0 Å². The second-order valence-electron chi connectivity index (χ2n) is 0.0833. The Hall–Kier alpha value is 0.400. The fraction of sp³-hybridized carbons (Fsp3) is 0. The molecular formula is H2NNaO2. The Bertz CT molecular complexity index is 13.5. The molecule has 0 bridgehead atoms. The van der Waals surface area contributed by atoms with Gasteiger partial charge in [0.2, 0.25) is 0 Å². The summed E-state index contributed by atoms with van der Waals surface area (Å²) in [6.45, 7) is 0. The van der Waals surface area contributed by atoms with Crippen molar-refractivity contribution in [2.24, 2.45) is 0 Å². The average molecular weight is 71.0 g/mol. The van der Waals surface area contributed by atoms with Gasteiger partial charge >= 0.3 is 29.6 Å². The van der Waals surface area contributed by atoms with Crippen LogP contribution in [0.2, 0.25) is 0 Å². The average Bonchev–Trinajstić information content (AvgIpc) is 0.918. The third-order valence-electron chi connectivity index (χ3n) is 0. The van der Waals surface area contributed by atoms with E-state index in [9.17, 15) is 0 Å². The molecule has 0 aliphatic heterocycles. The van der Waals surface area contributed by atoms with Gasteiger partial charge in [0, 0.05) is 5.34 Å². The predicted molar refractivity (Wildman–Crippen MR) is 14.8 cm³/mol. The molecule has 0 aromatic carbocycles. The second-order valence-corrected chi connectivity index (χ2v) is 0.0833. The molecule has 0 atom stereocenters. The third kappa shape index (κ3) is 29.4. The Morgan fingerprint density at radius 2 is 1.75 bits per heavy atom. The molecule has 0 spiro atoms. The van der Waals surface area contributed by atoms with Crippen molar-refractivity contribution in [2.45, 2.75) is 0 Å². The molecule has 20 valence electrons. The maximum atomic E-state index is 8.12. The Morgan fingerprint density at radius 1 is 1.75 bits per heavy atom. The maximum absolute atomic E-state index is 8.12. The fourth-order valence-electron chi connectivity index (χ4n) is 0. The van der Waals surface area contributed by atoms with Crippen LogP contribution in [0, 0.1) is 10.1 Å². The van der Waals surface area contributed by atoms with E-state index < -0.39 is 0 Å². The summed E-state index contributed by atoms with van der Waals surface area (Å²) in [5.74, 6) is 0. The van der Waals surface area contributed by atoms with E-state index in [1.807, 2.05) is 0 Å². The molecule has 0 rings (SSSR count). The Kier molecular flexibility index (Phi) is 22.1. The number of nitrogens with one attached hydrogen (secondary N) is 1. The van der Waals surface area contributed by atoms with Crippen molar-refractivity contribution in [2.75, 3.05) is 0 Å². The van der Waals surface area contributed by atoms with Gasteiger partial charge in [-0.05, 0) is 0 Å². The molecule has 0 radical (unpaired) electrons. The van der Waals surface area contributed by atoms with Gasteiger partial charge in [-0.25, -0.2) is 0 Å². The van der Waals surface area contributed by atoms with Crippen LogP contribution in [0.25, 0.3) is 0 Å². The van der Waals surface area contributed by atoms with Gasteiger partial charge < -0.3 is 0 Å². The van der Waals surface area contributed by atoms with E-state index in [1.54, 1.807) is 0 Å². The molecule has 0 fully saturated rings. The first kappa shape index (κ1) is 8.83. The van der Waals surface area contributed by atoms with Crippen LogP contribution in [0.4, 0.5) is 0 Å². The summed E-state index contributed by atoms with van der Waals surface area (Å²) < 4.78 is 0. The Balaban J connectivity index is 0. The van der Waals surface area contributed by atoms with Crippen molar-refractivity contribution in [1.29, 1.82) is 0 Å². The molecule has 0 heterocycles. The molecule has 4 heteroatoms. The minimum absolute atomic E-state index is 0. The van der Waals surface area contributed by atoms with Gasteiger partial charge in [-0.2, -0.15) is 0 Å². The van der Waals surface area contributed by atoms with Gasteiger partial charge in [0.25, 0.3) is 0 Å². The molecule has 0 saturated heterocycles. The molecule has 0 aromatic rings. The van der Waals surface area contributed by atoms with Gasteiger partial charge in [-0.15, -0.1) is 0 Å². The summed E-state index contributed by atoms with van der Waals surface area (Å²) in [4.78, 5) is 8.12. The molecule has 1 N–H and O–H groups in total. The zero-order chi connectivity index (χ0) is 2.71. The molecule has 3 nitrogen and oxygen atoms in total. The minimum atomic E-state index is 0. The predicted octanol–water partition coefficient (Wildman–Crippen LogP) is -2.32. The molecule has 0 aliphatic rings. The number of hydrogen-bond donors (Lipinski definition) is 1. The molecule has 0 amide bonds. The summed E-state index contributed by atoms with van der Waals surface area (Å²) in [5.41, 5.74) is 0. The Morgan fingerprint density at radius 3 is 1.75 bits per heavy atom. The van der Waals surface area contributed by atoms with E-state index in [2.05, 4.69) is 0 Å². The van der Waals surface area contributed by atoms with E-state index in [-0.39, 0.29) is 34.9 Å². The van der Waals surface area contributed by atoms with Crippen LogP contribution < -0.4 is 5.34 Å². The van der Waals surface area contributed by atoms with Crippen LogP contribution in [-0.4, -0.2) is 29.6 Å². The van der Waals surface area contributed by atoms with Gasteiger partial charge in [-0.1, -0.05) is 0 Å². The summed E-state index contributed by atoms with van der Waals surface area (Å²) in [6.07, 6.45) is 0. The van der Waals surface area contributed by atoms with Crippen molar-refractivity contribution in [3.05, 3.63) is 10.1 Å². The van der Waals surface area contributed by atoms with Crippen molar-refractivity contribution in [3.63, 3.8) is 0 Å². The van der Waals surface area contributed by atoms with Crippen molar-refractivity contribution < 1.29 is 5.34 Å². The monoisotopic (exact) mass is 71.0 g/mol. The number of hydrogen-bond acceptors (Lipinski definition) is 2. The van der Waals surface area contributed by atoms with E-state index in [0.717, 1.165) is 0 Å². The molecule has 0 aromatic heterocycles. The van der Waals surface area contributed by atoms with Crippen LogP contribution in [0.1, 0.15) is 0 Å². The molecule has 4 heavy (non-hydrogen) atoms. The van der Waals surface area contributed by atoms with Crippen LogP contribution in [0.3, 0.4) is 0 Å². The zero-order valence-electron chi connectivity index (χ0n) is 1.32. The van der Waals surface area contributed by atoms with Gasteiger partial charge in [0.1, 0.15) is 0 Å². The summed E-state index contributed by atoms with van der Waals surface area (Å²) in [7, 11) is 0. The summed E-state index contributed by atoms with van der Waals surface area (Å²) >= 11 is 0. The first-order valence-corrected chi connectivity index (χ1v) is 0.408. The van der Waals surface area contributed by atoms with Crippen molar-refractivity contribution in [1.82, 2.24) is 0 Å². The molecular weight excluding hydrogens is 69.0 g/mol. The topological polar surface area (TPSA) is 54.1 Å². The zero-order valence-corrected chi connectivity index (χ0v) is 1.32. The SMILES string of the molecule is O=[NH+][O-].[NaH]. The van der Waals surface area contributed by atoms with Crippen molar-refractivity contribution >= 4 is 29.6 Å². The standard InChI is InChI=1S/HNO2.Na.H/c2-1-3;;/h1H;;. The van der Waals surface area contributed by atoms with Crippen LogP contribution >= 0.6 is 0 Å². The van der Waals surface area contributed by atoms with E-state index >= 15 is 0 Å². The fourth-order valence-corrected chi connectivity index (χ4v) is 0. The second kappa shape index (κ2) is 9.99. The van der Waals surface area contributed by atoms with Crippen molar-refractivity contribution in [3.8, 4) is 0 Å². The Labute approximate surface area is 45.2 Å². The van der Waals surface area contributed by atoms with Gasteiger partial charge in [0.15, 0.2) is 0 Å². The van der Waals surface area contributed by atoms with Gasteiger partial charge in [-0.3, -0.25) is 10.1 Å². The van der Waals surface area contributed by atoms with Crippen LogP contribution in [0.15, 0.2) is 0 Å². The van der Waals surface area contributed by atoms with Gasteiger partial charge in [0.05, 0.1) is 0 Å². The van der Waals surface area contributed by atoms with Crippen LogP contribution in [-0.2, 0) is 0 Å². The molecule has 0 saturated carbocycles. The molecule has 0 unspecified atom stereocenters. The van der Waals surface area contributed by atoms with E-state index in [4.69, 9.17) is 10.1 Å². The summed E-state index contributed by atoms with van der Waals surface area (Å²) in [5, 5.41) is 8.38. The van der Waals surface area contributed by atoms with E-state index in [0.29, 0.717) is 0 Å². The quantitative estimate of drug-likeness (QED) is 0.198. The normalized spacial score (nSPS) is 3.00. The first-order valence-electron chi connectivity index (χ1n) is 0.408.